The lowest BCUT2D eigenvalue weighted by Crippen LogP contribution is -2.75. The highest BCUT2D eigenvalue weighted by Crippen LogP contribution is 2.50. The van der Waals surface area contributed by atoms with Crippen LogP contribution in [0.25, 0.3) is 0 Å². The van der Waals surface area contributed by atoms with E-state index in [9.17, 15) is 35.5 Å². The Morgan fingerprint density at radius 3 is 2.18 bits per heavy atom. The first-order chi connectivity index (χ1) is 17.5. The van der Waals surface area contributed by atoms with Gasteiger partial charge in [-0.3, -0.25) is 9.78 Å². The summed E-state index contributed by atoms with van der Waals surface area (Å²) in [4.78, 5) is 23.9. The van der Waals surface area contributed by atoms with Crippen LogP contribution in [0.5, 0.6) is 0 Å². The molecule has 1 atom stereocenters. The molecule has 4 heterocycles. The summed E-state index contributed by atoms with van der Waals surface area (Å²) in [5, 5.41) is 2.42. The molecule has 0 saturated carbocycles. The van der Waals surface area contributed by atoms with Crippen molar-refractivity contribution in [2.45, 2.75) is 43.0 Å². The number of alkyl halides is 6. The molecular weight excluding hydrogens is 570 g/mol. The van der Waals surface area contributed by atoms with Gasteiger partial charge in [-0.1, -0.05) is 28.4 Å². The molecule has 0 aliphatic carbocycles. The Bertz CT molecular complexity index is 1340. The Hall–Kier alpha value is -2.84. The highest BCUT2D eigenvalue weighted by Gasteiger charge is 2.63. The summed E-state index contributed by atoms with van der Waals surface area (Å²) < 4.78 is 95.5. The van der Waals surface area contributed by atoms with Gasteiger partial charge in [-0.05, 0) is 29.3 Å². The summed E-state index contributed by atoms with van der Waals surface area (Å²) in [7, 11) is 0. The first-order valence-electron chi connectivity index (χ1n) is 10.9. The monoisotopic (exact) mass is 585 g/mol. The third-order valence-corrected chi connectivity index (χ3v) is 7.36. The highest BCUT2D eigenvalue weighted by molar-refractivity contribution is 6.35. The molecule has 0 bridgehead atoms. The van der Waals surface area contributed by atoms with Crippen LogP contribution in [-0.4, -0.2) is 57.5 Å². The van der Waals surface area contributed by atoms with Crippen molar-refractivity contribution in [1.29, 1.82) is 0 Å². The first kappa shape index (κ1) is 26.8. The van der Waals surface area contributed by atoms with Crippen LogP contribution in [-0.2, 0) is 23.5 Å². The number of aromatic nitrogens is 1. The summed E-state index contributed by atoms with van der Waals surface area (Å²) in [5.74, 6) is -1.90. The average molecular weight is 586 g/mol. The van der Waals surface area contributed by atoms with E-state index in [-0.39, 0.29) is 24.6 Å². The van der Waals surface area contributed by atoms with Crippen molar-refractivity contribution in [1.82, 2.24) is 14.8 Å². The van der Waals surface area contributed by atoms with Crippen molar-refractivity contribution in [3.8, 4) is 0 Å². The second-order valence-corrected chi connectivity index (χ2v) is 10.2. The molecule has 2 aromatic rings. The number of nitrogens with zero attached hydrogens (tertiary/aromatic N) is 4. The van der Waals surface area contributed by atoms with Crippen LogP contribution in [0, 0.1) is 5.82 Å². The van der Waals surface area contributed by atoms with Gasteiger partial charge in [-0.2, -0.15) is 26.3 Å². The van der Waals surface area contributed by atoms with Gasteiger partial charge in [0.1, 0.15) is 17.1 Å². The molecule has 1 amide bonds. The third-order valence-electron chi connectivity index (χ3n) is 6.81. The molecule has 0 spiro atoms. The third kappa shape index (κ3) is 4.13. The number of pyridine rings is 1. The predicted molar refractivity (Wildman–Crippen MR) is 120 cm³/mol. The van der Waals surface area contributed by atoms with Crippen LogP contribution < -0.4 is 5.73 Å². The fourth-order valence-electron chi connectivity index (χ4n) is 4.55. The number of rotatable bonds is 2. The maximum atomic E-state index is 14.2. The maximum absolute atomic E-state index is 14.2. The van der Waals surface area contributed by atoms with Crippen molar-refractivity contribution in [3.63, 3.8) is 0 Å². The van der Waals surface area contributed by atoms with Gasteiger partial charge in [-0.25, -0.2) is 4.39 Å². The number of oxime groups is 1. The lowest BCUT2D eigenvalue weighted by Gasteiger charge is -2.47. The Kier molecular flexibility index (Phi) is 6.04. The molecular formula is C22H16Cl2F7N5O2. The number of amides is 1. The molecule has 1 aromatic heterocycles. The molecule has 38 heavy (non-hydrogen) atoms. The zero-order chi connectivity index (χ0) is 27.8. The zero-order valence-electron chi connectivity index (χ0n) is 18.9. The van der Waals surface area contributed by atoms with E-state index < -0.39 is 70.3 Å². The Balaban J connectivity index is 1.33. The number of fused-ring (bicyclic) bond motifs is 1. The van der Waals surface area contributed by atoms with Crippen LogP contribution >= 0.6 is 23.2 Å². The minimum Gasteiger partial charge on any atom is -0.372 e. The van der Waals surface area contributed by atoms with Crippen LogP contribution in [0.4, 0.5) is 30.7 Å². The molecule has 204 valence electrons. The van der Waals surface area contributed by atoms with E-state index in [0.29, 0.717) is 11.1 Å². The van der Waals surface area contributed by atoms with Crippen molar-refractivity contribution >= 4 is 34.9 Å². The summed E-state index contributed by atoms with van der Waals surface area (Å²) in [6, 6.07) is 2.92. The van der Waals surface area contributed by atoms with E-state index in [4.69, 9.17) is 33.8 Å². The van der Waals surface area contributed by atoms with Crippen molar-refractivity contribution in [2.75, 3.05) is 13.1 Å². The van der Waals surface area contributed by atoms with E-state index in [1.165, 1.54) is 17.2 Å². The number of carbonyl (C=O) groups excluding carboxylic acids is 1. The van der Waals surface area contributed by atoms with Gasteiger partial charge < -0.3 is 20.4 Å². The second-order valence-electron chi connectivity index (χ2n) is 9.36. The fraction of sp³-hybridized carbons (Fsp3) is 0.409. The summed E-state index contributed by atoms with van der Waals surface area (Å²) in [6.07, 6.45) is -9.10. The largest absolute Gasteiger partial charge is 0.435 e. The minimum atomic E-state index is -4.98. The molecule has 1 aromatic carbocycles. The van der Waals surface area contributed by atoms with Crippen LogP contribution in [0.2, 0.25) is 10.0 Å². The summed E-state index contributed by atoms with van der Waals surface area (Å²) >= 11 is 11.4. The van der Waals surface area contributed by atoms with Gasteiger partial charge in [0.2, 0.25) is 0 Å². The Morgan fingerprint density at radius 2 is 1.61 bits per heavy atom. The standard InChI is InChI=1S/C22H16Cl2F7N5O2/c23-13-2-12(3-14(24)17(13)25)20(22(29,30)31)4-16(34-38-20)35-6-10-1-15(33-5-11(10)7-35)18(37)36-8-19(32,9-36)21(26,27)28/h1-3,5H,4,6-9,32H2. The molecule has 16 heteroatoms. The number of benzene rings is 1. The van der Waals surface area contributed by atoms with Gasteiger partial charge in [0.15, 0.2) is 5.82 Å². The molecule has 7 nitrogen and oxygen atoms in total. The first-order valence-corrected chi connectivity index (χ1v) is 11.6. The maximum Gasteiger partial charge on any atom is 0.435 e. The molecule has 1 unspecified atom stereocenters. The van der Waals surface area contributed by atoms with E-state index in [0.717, 1.165) is 17.0 Å². The molecule has 5 rings (SSSR count). The van der Waals surface area contributed by atoms with E-state index in [1.807, 2.05) is 0 Å². The normalized spacial score (nSPS) is 22.6. The predicted octanol–water partition coefficient (Wildman–Crippen LogP) is 4.75. The van der Waals surface area contributed by atoms with Crippen molar-refractivity contribution in [2.24, 2.45) is 10.9 Å². The topological polar surface area (TPSA) is 84.0 Å². The fourth-order valence-corrected chi connectivity index (χ4v) is 5.03. The molecule has 3 aliphatic heterocycles. The Labute approximate surface area is 219 Å². The quantitative estimate of drug-likeness (QED) is 0.406. The summed E-state index contributed by atoms with van der Waals surface area (Å²) in [6.45, 7) is -1.32. The van der Waals surface area contributed by atoms with Gasteiger partial charge in [0, 0.05) is 37.9 Å². The number of hydrogen-bond donors (Lipinski definition) is 1. The van der Waals surface area contributed by atoms with Crippen LogP contribution in [0.3, 0.4) is 0 Å². The molecule has 2 N–H and O–H groups in total. The number of halogens is 9. The van der Waals surface area contributed by atoms with Gasteiger partial charge in [0.05, 0.1) is 16.5 Å². The smallest absolute Gasteiger partial charge is 0.372 e. The van der Waals surface area contributed by atoms with Crippen molar-refractivity contribution in [3.05, 3.63) is 62.6 Å². The zero-order valence-corrected chi connectivity index (χ0v) is 20.4. The Morgan fingerprint density at radius 1 is 1.00 bits per heavy atom. The van der Waals surface area contributed by atoms with E-state index >= 15 is 0 Å². The molecule has 1 saturated heterocycles. The summed E-state index contributed by atoms with van der Waals surface area (Å²) in [5.41, 5.74) is 0.290. The molecule has 0 radical (unpaired) electrons. The van der Waals surface area contributed by atoms with Gasteiger partial charge in [-0.15, -0.1) is 0 Å². The van der Waals surface area contributed by atoms with Crippen molar-refractivity contribution < 1.29 is 40.4 Å². The lowest BCUT2D eigenvalue weighted by atomic mass is 9.89. The van der Waals surface area contributed by atoms with Crippen LogP contribution in [0.1, 0.15) is 33.6 Å². The van der Waals surface area contributed by atoms with E-state index in [2.05, 4.69) is 10.1 Å². The number of amidine groups is 1. The molecule has 1 fully saturated rings. The van der Waals surface area contributed by atoms with E-state index in [1.54, 1.807) is 0 Å². The SMILES string of the molecule is NC1(C(F)(F)F)CN(C(=O)c2cc3c(cn2)CN(C2=NOC(c4cc(Cl)c(F)c(Cl)c4)(C(F)(F)F)C2)C3)C1. The van der Waals surface area contributed by atoms with Gasteiger partial charge in [0.25, 0.3) is 11.5 Å². The number of nitrogens with two attached hydrogens (primary N) is 1. The second kappa shape index (κ2) is 8.58. The number of hydrogen-bond acceptors (Lipinski definition) is 6. The molecule has 3 aliphatic rings. The number of carbonyl (C=O) groups is 1. The van der Waals surface area contributed by atoms with Gasteiger partial charge >= 0.3 is 12.4 Å². The number of likely N-dealkylation sites (tertiary alicyclic amines) is 1. The average Bonchev–Trinajstić information content (AvgIpc) is 3.43. The van der Waals surface area contributed by atoms with Crippen LogP contribution in [0.15, 0.2) is 29.6 Å². The minimum absolute atomic E-state index is 0.0303. The highest BCUT2D eigenvalue weighted by atomic mass is 35.5. The lowest BCUT2D eigenvalue weighted by molar-refractivity contribution is -0.275.